The van der Waals surface area contributed by atoms with Crippen LogP contribution in [-0.2, 0) is 0 Å². The maximum Gasteiger partial charge on any atom is 0.159 e. The van der Waals surface area contributed by atoms with Crippen molar-refractivity contribution in [2.45, 2.75) is 9.92 Å². The Morgan fingerprint density at radius 1 is 1.18 bits per heavy atom. The molecular weight excluding hydrogens is 266 g/mol. The minimum absolute atomic E-state index is 0.375. The van der Waals surface area contributed by atoms with Gasteiger partial charge in [0.1, 0.15) is 5.03 Å². The van der Waals surface area contributed by atoms with Crippen LogP contribution in [0.25, 0.3) is 0 Å². The third-order valence-electron chi connectivity index (χ3n) is 1.93. The van der Waals surface area contributed by atoms with E-state index in [9.17, 15) is 8.78 Å². The molecule has 1 aromatic heterocycles. The molecule has 0 fully saturated rings. The number of benzene rings is 1. The highest BCUT2D eigenvalue weighted by molar-refractivity contribution is 7.99. The van der Waals surface area contributed by atoms with Crippen LogP contribution in [-0.4, -0.2) is 4.98 Å². The second-order valence-electron chi connectivity index (χ2n) is 3.23. The molecule has 0 aliphatic carbocycles. The van der Waals surface area contributed by atoms with Crippen molar-refractivity contribution < 1.29 is 8.78 Å². The third kappa shape index (κ3) is 2.87. The lowest BCUT2D eigenvalue weighted by Crippen LogP contribution is -1.89. The van der Waals surface area contributed by atoms with Crippen LogP contribution in [0.5, 0.6) is 0 Å². The molecule has 0 radical (unpaired) electrons. The normalized spacial score (nSPS) is 10.5. The average molecular weight is 273 g/mol. The van der Waals surface area contributed by atoms with Crippen LogP contribution in [0.4, 0.5) is 14.5 Å². The van der Waals surface area contributed by atoms with Crippen molar-refractivity contribution in [3.8, 4) is 0 Å². The lowest BCUT2D eigenvalue weighted by Gasteiger charge is -2.04. The minimum Gasteiger partial charge on any atom is -0.397 e. The molecule has 1 heterocycles. The number of pyridine rings is 1. The minimum atomic E-state index is -0.901. The topological polar surface area (TPSA) is 38.9 Å². The zero-order chi connectivity index (χ0) is 12.4. The van der Waals surface area contributed by atoms with E-state index in [0.717, 1.165) is 23.9 Å². The molecule has 2 aromatic rings. The summed E-state index contributed by atoms with van der Waals surface area (Å²) in [6, 6.07) is 5.16. The maximum atomic E-state index is 13.0. The van der Waals surface area contributed by atoms with Gasteiger partial charge < -0.3 is 5.73 Å². The first-order valence-corrected chi connectivity index (χ1v) is 5.79. The van der Waals surface area contributed by atoms with Crippen molar-refractivity contribution in [2.24, 2.45) is 0 Å². The van der Waals surface area contributed by atoms with E-state index in [1.165, 1.54) is 12.3 Å². The fourth-order valence-corrected chi connectivity index (χ4v) is 2.24. The molecule has 1 aromatic carbocycles. The smallest absolute Gasteiger partial charge is 0.159 e. The van der Waals surface area contributed by atoms with Crippen LogP contribution in [0, 0.1) is 11.6 Å². The highest BCUT2D eigenvalue weighted by atomic mass is 35.5. The van der Waals surface area contributed by atoms with Gasteiger partial charge in [-0.15, -0.1) is 0 Å². The molecular formula is C11H7ClF2N2S. The van der Waals surface area contributed by atoms with Gasteiger partial charge in [0.25, 0.3) is 0 Å². The van der Waals surface area contributed by atoms with Gasteiger partial charge in [0.2, 0.25) is 0 Å². The molecule has 0 aliphatic heterocycles. The standard InChI is InChI=1S/C11H7ClF2N2S/c12-8-3-6(15)5-16-11(8)17-7-1-2-9(13)10(14)4-7/h1-5H,15H2. The number of nitrogens with two attached hydrogens (primary N) is 1. The van der Waals surface area contributed by atoms with E-state index < -0.39 is 11.6 Å². The number of hydrogen-bond acceptors (Lipinski definition) is 3. The molecule has 0 amide bonds. The predicted molar refractivity (Wildman–Crippen MR) is 64.1 cm³/mol. The molecule has 2 N–H and O–H groups in total. The zero-order valence-corrected chi connectivity index (χ0v) is 10.0. The van der Waals surface area contributed by atoms with Crippen LogP contribution in [0.1, 0.15) is 0 Å². The number of halogens is 3. The molecule has 0 bridgehead atoms. The monoisotopic (exact) mass is 272 g/mol. The van der Waals surface area contributed by atoms with E-state index in [1.807, 2.05) is 0 Å². The molecule has 0 saturated carbocycles. The number of hydrogen-bond donors (Lipinski definition) is 1. The number of nitrogens with zero attached hydrogens (tertiary/aromatic N) is 1. The molecule has 17 heavy (non-hydrogen) atoms. The summed E-state index contributed by atoms with van der Waals surface area (Å²) < 4.78 is 25.7. The summed E-state index contributed by atoms with van der Waals surface area (Å²) in [5, 5.41) is 0.867. The molecule has 0 aliphatic rings. The van der Waals surface area contributed by atoms with E-state index in [1.54, 1.807) is 6.07 Å². The van der Waals surface area contributed by atoms with Crippen molar-refractivity contribution in [1.29, 1.82) is 0 Å². The van der Waals surface area contributed by atoms with E-state index in [0.29, 0.717) is 20.6 Å². The van der Waals surface area contributed by atoms with E-state index in [2.05, 4.69) is 4.98 Å². The predicted octanol–water partition coefficient (Wildman–Crippen LogP) is 3.75. The summed E-state index contributed by atoms with van der Waals surface area (Å²) in [6.45, 7) is 0. The van der Waals surface area contributed by atoms with Crippen molar-refractivity contribution >= 4 is 29.1 Å². The van der Waals surface area contributed by atoms with E-state index >= 15 is 0 Å². The lowest BCUT2D eigenvalue weighted by molar-refractivity contribution is 0.506. The summed E-state index contributed by atoms with van der Waals surface area (Å²) in [6.07, 6.45) is 1.45. The third-order valence-corrected chi connectivity index (χ3v) is 3.34. The molecule has 0 saturated heterocycles. The largest absolute Gasteiger partial charge is 0.397 e. The van der Waals surface area contributed by atoms with Crippen molar-refractivity contribution in [3.63, 3.8) is 0 Å². The summed E-state index contributed by atoms with van der Waals surface area (Å²) >= 11 is 7.06. The van der Waals surface area contributed by atoms with Gasteiger partial charge in [0.05, 0.1) is 16.9 Å². The number of nitrogen functional groups attached to an aromatic ring is 1. The summed E-state index contributed by atoms with van der Waals surface area (Å²) in [5.41, 5.74) is 5.95. The van der Waals surface area contributed by atoms with E-state index in [-0.39, 0.29) is 0 Å². The van der Waals surface area contributed by atoms with Crippen LogP contribution < -0.4 is 5.73 Å². The fourth-order valence-electron chi connectivity index (χ4n) is 1.17. The van der Waals surface area contributed by atoms with Gasteiger partial charge in [-0.25, -0.2) is 13.8 Å². The Labute approximate surface area is 106 Å². The van der Waals surface area contributed by atoms with Crippen LogP contribution in [0.15, 0.2) is 40.4 Å². The first-order chi connectivity index (χ1) is 8.06. The Morgan fingerprint density at radius 3 is 2.59 bits per heavy atom. The second-order valence-corrected chi connectivity index (χ2v) is 4.70. The second kappa shape index (κ2) is 4.89. The highest BCUT2D eigenvalue weighted by Gasteiger charge is 2.08. The fraction of sp³-hybridized carbons (Fsp3) is 0. The van der Waals surface area contributed by atoms with Crippen LogP contribution in [0.2, 0.25) is 5.02 Å². The van der Waals surface area contributed by atoms with Gasteiger partial charge in [0.15, 0.2) is 11.6 Å². The van der Waals surface area contributed by atoms with Crippen molar-refractivity contribution in [1.82, 2.24) is 4.98 Å². The van der Waals surface area contributed by atoms with Gasteiger partial charge in [0, 0.05) is 4.90 Å². The van der Waals surface area contributed by atoms with Crippen LogP contribution >= 0.6 is 23.4 Å². The molecule has 2 rings (SSSR count). The Kier molecular flexibility index (Phi) is 3.49. The Bertz CT molecular complexity index is 563. The van der Waals surface area contributed by atoms with Gasteiger partial charge in [-0.05, 0) is 24.3 Å². The summed E-state index contributed by atoms with van der Waals surface area (Å²) in [4.78, 5) is 4.53. The molecule has 0 spiro atoms. The lowest BCUT2D eigenvalue weighted by atomic mass is 10.3. The Balaban J connectivity index is 2.28. The SMILES string of the molecule is Nc1cnc(Sc2ccc(F)c(F)c2)c(Cl)c1. The summed E-state index contributed by atoms with van der Waals surface area (Å²) in [5.74, 6) is -1.78. The van der Waals surface area contributed by atoms with E-state index in [4.69, 9.17) is 17.3 Å². The summed E-state index contributed by atoms with van der Waals surface area (Å²) in [7, 11) is 0. The zero-order valence-electron chi connectivity index (χ0n) is 8.45. The van der Waals surface area contributed by atoms with Gasteiger partial charge in [-0.1, -0.05) is 23.4 Å². The van der Waals surface area contributed by atoms with Gasteiger partial charge >= 0.3 is 0 Å². The van der Waals surface area contributed by atoms with Gasteiger partial charge in [-0.3, -0.25) is 0 Å². The molecule has 0 unspecified atom stereocenters. The molecule has 88 valence electrons. The highest BCUT2D eigenvalue weighted by Crippen LogP contribution is 2.32. The number of anilines is 1. The first-order valence-electron chi connectivity index (χ1n) is 4.60. The van der Waals surface area contributed by atoms with Gasteiger partial charge in [-0.2, -0.15) is 0 Å². The number of rotatable bonds is 2. The van der Waals surface area contributed by atoms with Crippen molar-refractivity contribution in [2.75, 3.05) is 5.73 Å². The quantitative estimate of drug-likeness (QED) is 0.905. The maximum absolute atomic E-state index is 13.0. The molecule has 2 nitrogen and oxygen atoms in total. The van der Waals surface area contributed by atoms with Crippen LogP contribution in [0.3, 0.4) is 0 Å². The Hall–Kier alpha value is -1.33. The molecule has 0 atom stereocenters. The first kappa shape index (κ1) is 12.1. The Morgan fingerprint density at radius 2 is 1.94 bits per heavy atom. The number of aromatic nitrogens is 1. The van der Waals surface area contributed by atoms with Crippen molar-refractivity contribution in [3.05, 3.63) is 47.1 Å². The molecule has 6 heteroatoms. The average Bonchev–Trinajstić information content (AvgIpc) is 2.27.